The van der Waals surface area contributed by atoms with E-state index in [1.54, 1.807) is 0 Å². The van der Waals surface area contributed by atoms with Gasteiger partial charge in [-0.05, 0) is 6.07 Å². The number of aliphatic hydroxyl groups is 1. The molecule has 1 aliphatic rings. The Bertz CT molecular complexity index is 936. The Morgan fingerprint density at radius 3 is 2.28 bits per heavy atom. The van der Waals surface area contributed by atoms with Gasteiger partial charge >= 0.3 is 81.1 Å². The van der Waals surface area contributed by atoms with Crippen LogP contribution in [0.2, 0.25) is 0 Å². The minimum absolute atomic E-state index is 0. The molecule has 0 aliphatic carbocycles. The first-order valence-corrected chi connectivity index (χ1v) is 12.5. The third kappa shape index (κ3) is 12.7. The summed E-state index contributed by atoms with van der Waals surface area (Å²) >= 11 is 4.26. The number of nitrogen functional groups attached to an aromatic ring is 1. The quantitative estimate of drug-likeness (QED) is 0.245. The molecule has 1 saturated heterocycles. The number of aromatic nitrogens is 2. The standard InChI is InChI=1S/C9H16N3O12P3S.4Li/c10-7-1-2-12(9(14)11-7)8-3-5(13)6(22-8)4-21-27(20,28)24-26(18,19)23-25(15,16)17;;;;/h1-2,5-6,8,13H,3-4H2,(H,18,19)(H,20,28)(H2,10,11,14)(H2,15,16,17);;;;/q;4*+1/p-4/t5?,6-,8-,27?;;;;/m1..../s1. The molecular weight excluding hydrogens is 495 g/mol. The largest absolute Gasteiger partial charge is 1.00 e. The first kappa shape index (κ1) is 38.4. The van der Waals surface area contributed by atoms with E-state index in [1.807, 2.05) is 0 Å². The van der Waals surface area contributed by atoms with E-state index in [0.717, 1.165) is 4.57 Å². The maximum Gasteiger partial charge on any atom is 1.00 e. The van der Waals surface area contributed by atoms with Crippen molar-refractivity contribution >= 4 is 40.0 Å². The first-order chi connectivity index (χ1) is 12.7. The summed E-state index contributed by atoms with van der Waals surface area (Å²) < 4.78 is 39.3. The van der Waals surface area contributed by atoms with Crippen molar-refractivity contribution in [2.45, 2.75) is 24.9 Å². The summed E-state index contributed by atoms with van der Waals surface area (Å²) in [7, 11) is -11.9. The molecule has 0 radical (unpaired) electrons. The van der Waals surface area contributed by atoms with Gasteiger partial charge in [0.05, 0.1) is 20.5 Å². The molecule has 160 valence electrons. The molecule has 3 N–H and O–H groups in total. The van der Waals surface area contributed by atoms with Crippen molar-refractivity contribution in [3.63, 3.8) is 0 Å². The Labute approximate surface area is 234 Å². The molecule has 0 amide bonds. The molecular formula is C9H12Li4N3O12P3S. The Balaban J connectivity index is -0.00000210. The zero-order valence-corrected chi connectivity index (χ0v) is 21.0. The number of nitrogens with zero attached hydrogens (tertiary/aromatic N) is 2. The van der Waals surface area contributed by atoms with E-state index in [4.69, 9.17) is 10.5 Å². The fourth-order valence-electron chi connectivity index (χ4n) is 2.13. The smallest absolute Gasteiger partial charge is 0.790 e. The van der Waals surface area contributed by atoms with Gasteiger partial charge in [-0.15, -0.1) is 0 Å². The summed E-state index contributed by atoms with van der Waals surface area (Å²) in [5.74, 6) is -0.0335. The van der Waals surface area contributed by atoms with Gasteiger partial charge in [-0.3, -0.25) is 17.8 Å². The van der Waals surface area contributed by atoms with Gasteiger partial charge in [0.2, 0.25) is 0 Å². The van der Waals surface area contributed by atoms with Gasteiger partial charge in [-0.1, -0.05) is 11.8 Å². The summed E-state index contributed by atoms with van der Waals surface area (Å²) in [6.45, 7) is -5.65. The second-order valence-corrected chi connectivity index (χ2v) is 10.9. The third-order valence-electron chi connectivity index (χ3n) is 3.16. The molecule has 0 bridgehead atoms. The summed E-state index contributed by atoms with van der Waals surface area (Å²) in [5.41, 5.74) is 4.59. The molecule has 32 heavy (non-hydrogen) atoms. The van der Waals surface area contributed by atoms with Crippen LogP contribution in [0.5, 0.6) is 0 Å². The topological polar surface area (TPSA) is 244 Å². The van der Waals surface area contributed by atoms with Gasteiger partial charge in [0.15, 0.2) is 0 Å². The van der Waals surface area contributed by atoms with E-state index in [1.165, 1.54) is 12.3 Å². The molecule has 1 aliphatic heterocycles. The van der Waals surface area contributed by atoms with Crippen molar-refractivity contribution in [3.8, 4) is 0 Å². The van der Waals surface area contributed by atoms with Crippen LogP contribution in [0, 0.1) is 0 Å². The second kappa shape index (κ2) is 15.2. The number of aliphatic hydroxyl groups excluding tert-OH is 1. The zero-order chi connectivity index (χ0) is 21.3. The van der Waals surface area contributed by atoms with Crippen molar-refractivity contribution in [1.29, 1.82) is 0 Å². The maximum absolute atomic E-state index is 11.8. The molecule has 2 heterocycles. The zero-order valence-electron chi connectivity index (χ0n) is 17.5. The van der Waals surface area contributed by atoms with E-state index >= 15 is 0 Å². The number of ether oxygens (including phenoxy) is 1. The fourth-order valence-corrected chi connectivity index (χ4v) is 5.91. The SMILES string of the molecule is Nc1ccn([C@H]2CC(O)[C@@H](COP([O-])(=S)OP(=O)([O-])OP(=O)([O-])[O-])O2)c(=O)n1.[Li+].[Li+].[Li+].[Li+]. The van der Waals surface area contributed by atoms with Crippen molar-refractivity contribution < 1.29 is 127 Å². The summed E-state index contributed by atoms with van der Waals surface area (Å²) in [4.78, 5) is 58.9. The molecule has 5 atom stereocenters. The molecule has 1 aromatic rings. The number of hydrogen-bond acceptors (Lipinski definition) is 15. The van der Waals surface area contributed by atoms with Crippen LogP contribution >= 0.6 is 22.4 Å². The molecule has 23 heteroatoms. The molecule has 1 aromatic heterocycles. The van der Waals surface area contributed by atoms with Crippen LogP contribution in [-0.4, -0.2) is 33.5 Å². The van der Waals surface area contributed by atoms with E-state index in [9.17, 15) is 38.6 Å². The molecule has 1 fully saturated rings. The molecule has 0 aromatic carbocycles. The van der Waals surface area contributed by atoms with Crippen molar-refractivity contribution in [2.75, 3.05) is 12.3 Å². The maximum atomic E-state index is 11.8. The first-order valence-electron chi connectivity index (χ1n) is 7.07. The molecule has 0 saturated carbocycles. The van der Waals surface area contributed by atoms with Crippen molar-refractivity contribution in [3.05, 3.63) is 22.7 Å². The van der Waals surface area contributed by atoms with Crippen molar-refractivity contribution in [1.82, 2.24) is 9.55 Å². The third-order valence-corrected chi connectivity index (χ3v) is 7.74. The number of rotatable bonds is 8. The summed E-state index contributed by atoms with van der Waals surface area (Å²) in [5, 5.41) is 9.96. The van der Waals surface area contributed by atoms with Gasteiger partial charge < -0.3 is 44.2 Å². The predicted octanol–water partition coefficient (Wildman–Crippen LogP) is -15.6. The average Bonchev–Trinajstić information content (AvgIpc) is 2.82. The van der Waals surface area contributed by atoms with Gasteiger partial charge in [-0.2, -0.15) is 4.98 Å². The van der Waals surface area contributed by atoms with Crippen LogP contribution in [0.4, 0.5) is 5.82 Å². The monoisotopic (exact) mass is 507 g/mol. The molecule has 15 nitrogen and oxygen atoms in total. The Kier molecular flexibility index (Phi) is 18.2. The average molecular weight is 507 g/mol. The Morgan fingerprint density at radius 2 is 1.78 bits per heavy atom. The van der Waals surface area contributed by atoms with Crippen LogP contribution in [0.25, 0.3) is 0 Å². The summed E-state index contributed by atoms with van der Waals surface area (Å²) in [6.07, 6.45) is -2.30. The van der Waals surface area contributed by atoms with Crippen LogP contribution in [0.3, 0.4) is 0 Å². The van der Waals surface area contributed by atoms with Gasteiger partial charge in [0.1, 0.15) is 24.9 Å². The van der Waals surface area contributed by atoms with Crippen LogP contribution in [-0.2, 0) is 38.8 Å². The Morgan fingerprint density at radius 1 is 1.22 bits per heavy atom. The second-order valence-electron chi connectivity index (χ2n) is 5.28. The van der Waals surface area contributed by atoms with E-state index < -0.39 is 53.1 Å². The number of anilines is 1. The van der Waals surface area contributed by atoms with Crippen molar-refractivity contribution in [2.24, 2.45) is 0 Å². The van der Waals surface area contributed by atoms with Crippen LogP contribution in [0.15, 0.2) is 17.1 Å². The summed E-state index contributed by atoms with van der Waals surface area (Å²) in [6, 6.07) is 1.31. The minimum atomic E-state index is -6.01. The molecule has 2 rings (SSSR count). The molecule has 0 spiro atoms. The molecule has 3 unspecified atom stereocenters. The van der Waals surface area contributed by atoms with Crippen LogP contribution in [0.1, 0.15) is 12.6 Å². The minimum Gasteiger partial charge on any atom is -0.790 e. The Hall–Kier alpha value is 1.82. The number of nitrogens with two attached hydrogens (primary N) is 1. The van der Waals surface area contributed by atoms with E-state index in [0.29, 0.717) is 0 Å². The van der Waals surface area contributed by atoms with Gasteiger partial charge in [-0.25, -0.2) is 4.79 Å². The van der Waals surface area contributed by atoms with Gasteiger partial charge in [0.25, 0.3) is 7.82 Å². The normalized spacial score (nSPS) is 23.8. The predicted molar refractivity (Wildman–Crippen MR) is 85.1 cm³/mol. The van der Waals surface area contributed by atoms with E-state index in [2.05, 4.69) is 29.9 Å². The number of phosphoric acid groups is 2. The number of hydrogen-bond donors (Lipinski definition) is 2. The van der Waals surface area contributed by atoms with Gasteiger partial charge in [0, 0.05) is 12.6 Å². The van der Waals surface area contributed by atoms with E-state index in [-0.39, 0.29) is 87.7 Å². The fraction of sp³-hybridized carbons (Fsp3) is 0.556. The van der Waals surface area contributed by atoms with Crippen LogP contribution < -0.4 is 106 Å².